The highest BCUT2D eigenvalue weighted by Crippen LogP contribution is 2.39. The Bertz CT molecular complexity index is 504. The van der Waals surface area contributed by atoms with E-state index in [1.807, 2.05) is 0 Å². The van der Waals surface area contributed by atoms with Crippen LogP contribution in [0.25, 0.3) is 0 Å². The van der Waals surface area contributed by atoms with Crippen LogP contribution >= 0.6 is 0 Å². The van der Waals surface area contributed by atoms with Gasteiger partial charge in [0.2, 0.25) is 0 Å². The zero-order valence-corrected chi connectivity index (χ0v) is 12.2. The number of hydrogen-bond donors (Lipinski definition) is 2. The van der Waals surface area contributed by atoms with E-state index in [1.165, 1.54) is 18.9 Å². The number of carbonyl (C=O) groups is 1. The molecule has 2 heterocycles. The van der Waals surface area contributed by atoms with Crippen molar-refractivity contribution < 1.29 is 9.18 Å². The lowest BCUT2D eigenvalue weighted by molar-refractivity contribution is 0.0915. The number of para-hydroxylation sites is 1. The van der Waals surface area contributed by atoms with E-state index in [1.54, 1.807) is 23.1 Å². The van der Waals surface area contributed by atoms with Gasteiger partial charge in [-0.1, -0.05) is 12.1 Å². The van der Waals surface area contributed by atoms with Crippen LogP contribution < -0.4 is 10.6 Å². The third-order valence-electron chi connectivity index (χ3n) is 4.89. The third-order valence-corrected chi connectivity index (χ3v) is 4.89. The first-order valence-corrected chi connectivity index (χ1v) is 7.70. The van der Waals surface area contributed by atoms with E-state index in [-0.39, 0.29) is 11.7 Å². The molecule has 2 fully saturated rings. The highest BCUT2D eigenvalue weighted by atomic mass is 19.1. The van der Waals surface area contributed by atoms with E-state index >= 15 is 0 Å². The van der Waals surface area contributed by atoms with Gasteiger partial charge in [0.05, 0.1) is 5.69 Å². The molecule has 0 atom stereocenters. The van der Waals surface area contributed by atoms with Gasteiger partial charge in [-0.25, -0.2) is 9.18 Å². The van der Waals surface area contributed by atoms with Crippen molar-refractivity contribution in [1.29, 1.82) is 0 Å². The molecule has 0 unspecified atom stereocenters. The molecule has 0 radical (unpaired) electrons. The molecule has 0 aromatic heterocycles. The van der Waals surface area contributed by atoms with Crippen molar-refractivity contribution in [2.24, 2.45) is 5.41 Å². The average molecular weight is 291 g/mol. The number of rotatable bonds is 1. The molecule has 2 aliphatic heterocycles. The lowest BCUT2D eigenvalue weighted by atomic mass is 9.72. The quantitative estimate of drug-likeness (QED) is 0.835. The van der Waals surface area contributed by atoms with Crippen LogP contribution in [0.5, 0.6) is 0 Å². The van der Waals surface area contributed by atoms with E-state index in [9.17, 15) is 9.18 Å². The van der Waals surface area contributed by atoms with Gasteiger partial charge in [-0.05, 0) is 56.3 Å². The van der Waals surface area contributed by atoms with E-state index in [2.05, 4.69) is 10.6 Å². The normalized spacial score (nSPS) is 21.3. The number of halogens is 1. The molecule has 1 aromatic carbocycles. The summed E-state index contributed by atoms with van der Waals surface area (Å²) in [5, 5.41) is 6.07. The van der Waals surface area contributed by atoms with Crippen molar-refractivity contribution >= 4 is 11.7 Å². The van der Waals surface area contributed by atoms with Crippen LogP contribution in [-0.4, -0.2) is 37.1 Å². The minimum absolute atomic E-state index is 0.191. The van der Waals surface area contributed by atoms with Crippen LogP contribution in [-0.2, 0) is 0 Å². The van der Waals surface area contributed by atoms with Crippen molar-refractivity contribution in [2.45, 2.75) is 25.7 Å². The number of benzene rings is 1. The van der Waals surface area contributed by atoms with E-state index in [4.69, 9.17) is 0 Å². The van der Waals surface area contributed by atoms with Gasteiger partial charge >= 0.3 is 6.03 Å². The van der Waals surface area contributed by atoms with Gasteiger partial charge in [0, 0.05) is 13.1 Å². The van der Waals surface area contributed by atoms with Crippen LogP contribution in [0.4, 0.5) is 14.9 Å². The maximum atomic E-state index is 13.6. The maximum Gasteiger partial charge on any atom is 0.321 e. The predicted molar refractivity (Wildman–Crippen MR) is 80.8 cm³/mol. The van der Waals surface area contributed by atoms with E-state index in [0.29, 0.717) is 5.41 Å². The second-order valence-electron chi connectivity index (χ2n) is 6.15. The summed E-state index contributed by atoms with van der Waals surface area (Å²) in [7, 11) is 0. The fraction of sp³-hybridized carbons (Fsp3) is 0.562. The van der Waals surface area contributed by atoms with Gasteiger partial charge in [-0.3, -0.25) is 0 Å². The second-order valence-corrected chi connectivity index (χ2v) is 6.15. The summed E-state index contributed by atoms with van der Waals surface area (Å²) < 4.78 is 13.6. The summed E-state index contributed by atoms with van der Waals surface area (Å²) in [4.78, 5) is 14.0. The summed E-state index contributed by atoms with van der Waals surface area (Å²) in [5.74, 6) is -0.391. The van der Waals surface area contributed by atoms with Crippen LogP contribution in [0, 0.1) is 11.2 Å². The molecule has 2 saturated heterocycles. The van der Waals surface area contributed by atoms with Gasteiger partial charge in [0.25, 0.3) is 0 Å². The molecule has 0 aliphatic carbocycles. The molecule has 5 heteroatoms. The molecular formula is C16H22FN3O. The Hall–Kier alpha value is -1.62. The fourth-order valence-corrected chi connectivity index (χ4v) is 3.40. The molecule has 2 amide bonds. The van der Waals surface area contributed by atoms with Crippen LogP contribution in [0.1, 0.15) is 25.7 Å². The number of carbonyl (C=O) groups excluding carboxylic acids is 1. The molecule has 4 nitrogen and oxygen atoms in total. The zero-order chi connectivity index (χ0) is 14.7. The van der Waals surface area contributed by atoms with Gasteiger partial charge < -0.3 is 15.5 Å². The van der Waals surface area contributed by atoms with Crippen LogP contribution in [0.15, 0.2) is 24.3 Å². The van der Waals surface area contributed by atoms with E-state index in [0.717, 1.165) is 39.0 Å². The van der Waals surface area contributed by atoms with Gasteiger partial charge in [0.15, 0.2) is 0 Å². The monoisotopic (exact) mass is 291 g/mol. The number of piperidine rings is 2. The van der Waals surface area contributed by atoms with E-state index < -0.39 is 5.82 Å². The van der Waals surface area contributed by atoms with Gasteiger partial charge in [-0.2, -0.15) is 0 Å². The zero-order valence-electron chi connectivity index (χ0n) is 12.2. The maximum absolute atomic E-state index is 13.6. The summed E-state index contributed by atoms with van der Waals surface area (Å²) >= 11 is 0. The lowest BCUT2D eigenvalue weighted by Gasteiger charge is -2.44. The summed E-state index contributed by atoms with van der Waals surface area (Å²) in [6, 6.07) is 6.09. The molecule has 1 spiro atoms. The highest BCUT2D eigenvalue weighted by Gasteiger charge is 2.36. The Morgan fingerprint density at radius 1 is 1.14 bits per heavy atom. The largest absolute Gasteiger partial charge is 0.324 e. The van der Waals surface area contributed by atoms with Crippen molar-refractivity contribution in [2.75, 3.05) is 31.5 Å². The smallest absolute Gasteiger partial charge is 0.321 e. The minimum atomic E-state index is -0.391. The molecule has 1 aromatic rings. The van der Waals surface area contributed by atoms with Crippen molar-refractivity contribution in [3.8, 4) is 0 Å². The summed E-state index contributed by atoms with van der Waals surface area (Å²) in [6.45, 7) is 3.70. The predicted octanol–water partition coefficient (Wildman–Crippen LogP) is 2.82. The molecule has 0 saturated carbocycles. The Morgan fingerprint density at radius 3 is 2.48 bits per heavy atom. The Kier molecular flexibility index (Phi) is 4.10. The summed E-state index contributed by atoms with van der Waals surface area (Å²) in [6.07, 6.45) is 4.52. The number of anilines is 1. The molecule has 0 bridgehead atoms. The first kappa shape index (κ1) is 14.3. The van der Waals surface area contributed by atoms with Crippen LogP contribution in [0.3, 0.4) is 0 Å². The SMILES string of the molecule is O=C(Nc1ccccc1F)N1CCC2(CCNCC2)CC1. The number of likely N-dealkylation sites (tertiary alicyclic amines) is 1. The number of urea groups is 1. The summed E-state index contributed by atoms with van der Waals surface area (Å²) in [5.41, 5.74) is 0.671. The Labute approximate surface area is 124 Å². The molecule has 2 N–H and O–H groups in total. The van der Waals surface area contributed by atoms with Crippen molar-refractivity contribution in [3.05, 3.63) is 30.1 Å². The number of nitrogens with zero attached hydrogens (tertiary/aromatic N) is 1. The average Bonchev–Trinajstić information content (AvgIpc) is 2.51. The topological polar surface area (TPSA) is 44.4 Å². The first-order valence-electron chi connectivity index (χ1n) is 7.70. The number of amides is 2. The molecule has 21 heavy (non-hydrogen) atoms. The molecule has 3 rings (SSSR count). The third kappa shape index (κ3) is 3.18. The second kappa shape index (κ2) is 6.02. The Balaban J connectivity index is 1.57. The highest BCUT2D eigenvalue weighted by molar-refractivity contribution is 5.89. The first-order chi connectivity index (χ1) is 10.2. The lowest BCUT2D eigenvalue weighted by Crippen LogP contribution is -2.48. The van der Waals surface area contributed by atoms with Gasteiger partial charge in [0.1, 0.15) is 5.82 Å². The Morgan fingerprint density at radius 2 is 1.81 bits per heavy atom. The number of hydrogen-bond acceptors (Lipinski definition) is 2. The minimum Gasteiger partial charge on any atom is -0.324 e. The molecular weight excluding hydrogens is 269 g/mol. The van der Waals surface area contributed by atoms with Crippen molar-refractivity contribution in [3.63, 3.8) is 0 Å². The standard InChI is InChI=1S/C16H22FN3O/c17-13-3-1-2-4-14(13)19-15(21)20-11-7-16(8-12-20)5-9-18-10-6-16/h1-4,18H,5-12H2,(H,19,21). The van der Waals surface area contributed by atoms with Crippen LogP contribution in [0.2, 0.25) is 0 Å². The van der Waals surface area contributed by atoms with Gasteiger partial charge in [-0.15, -0.1) is 0 Å². The van der Waals surface area contributed by atoms with Crippen molar-refractivity contribution in [1.82, 2.24) is 10.2 Å². The fourth-order valence-electron chi connectivity index (χ4n) is 3.40. The molecule has 2 aliphatic rings. The molecule has 114 valence electrons. The number of nitrogens with one attached hydrogen (secondary N) is 2.